The maximum atomic E-state index is 14.0. The summed E-state index contributed by atoms with van der Waals surface area (Å²) in [5.74, 6) is 1.24. The van der Waals surface area contributed by atoms with Crippen LogP contribution >= 0.6 is 15.9 Å². The van der Waals surface area contributed by atoms with Gasteiger partial charge in [0.25, 0.3) is 0 Å². The molecule has 0 radical (unpaired) electrons. The second kappa shape index (κ2) is 8.25. The Morgan fingerprint density at radius 1 is 1.11 bits per heavy atom. The van der Waals surface area contributed by atoms with Crippen molar-refractivity contribution in [1.82, 2.24) is 0 Å². The number of esters is 1. The number of aliphatic hydroxyl groups is 1. The summed E-state index contributed by atoms with van der Waals surface area (Å²) in [6.45, 7) is 11.4. The summed E-state index contributed by atoms with van der Waals surface area (Å²) in [6, 6.07) is 0. The minimum atomic E-state index is -1.47. The summed E-state index contributed by atoms with van der Waals surface area (Å²) in [6.07, 6.45) is 6.57. The molecule has 6 rings (SSSR count). The maximum absolute atomic E-state index is 14.0. The van der Waals surface area contributed by atoms with Gasteiger partial charge >= 0.3 is 5.97 Å². The number of fused-ring (bicyclic) bond motifs is 7. The molecular formula is C29H43BrO6. The van der Waals surface area contributed by atoms with Crippen LogP contribution in [0.4, 0.5) is 0 Å². The van der Waals surface area contributed by atoms with Crippen LogP contribution in [0.15, 0.2) is 0 Å². The Kier molecular flexibility index (Phi) is 5.90. The first-order valence-corrected chi connectivity index (χ1v) is 15.2. The summed E-state index contributed by atoms with van der Waals surface area (Å²) in [7, 11) is 0. The van der Waals surface area contributed by atoms with Gasteiger partial charge in [0.05, 0.1) is 17.5 Å². The van der Waals surface area contributed by atoms with E-state index < -0.39 is 27.7 Å². The van der Waals surface area contributed by atoms with E-state index in [9.17, 15) is 14.7 Å². The number of halogens is 1. The summed E-state index contributed by atoms with van der Waals surface area (Å²) < 4.78 is 18.8. The van der Waals surface area contributed by atoms with Crippen molar-refractivity contribution in [2.45, 2.75) is 114 Å². The van der Waals surface area contributed by atoms with Crippen LogP contribution in [0, 0.1) is 46.3 Å². The van der Waals surface area contributed by atoms with E-state index in [-0.39, 0.29) is 41.5 Å². The summed E-state index contributed by atoms with van der Waals surface area (Å²) in [5, 5.41) is 12.0. The molecular weight excluding hydrogens is 524 g/mol. The molecule has 0 bridgehead atoms. The molecule has 2 heterocycles. The quantitative estimate of drug-likeness (QED) is 0.354. The van der Waals surface area contributed by atoms with E-state index in [1.54, 1.807) is 0 Å². The van der Waals surface area contributed by atoms with Crippen molar-refractivity contribution in [3.05, 3.63) is 0 Å². The van der Waals surface area contributed by atoms with Crippen LogP contribution in [0.2, 0.25) is 0 Å². The van der Waals surface area contributed by atoms with E-state index in [2.05, 4.69) is 43.6 Å². The van der Waals surface area contributed by atoms with Gasteiger partial charge in [-0.05, 0) is 73.5 Å². The molecule has 6 aliphatic rings. The van der Waals surface area contributed by atoms with Gasteiger partial charge in [-0.1, -0.05) is 43.6 Å². The molecule has 0 amide bonds. The van der Waals surface area contributed by atoms with Gasteiger partial charge in [-0.2, -0.15) is 0 Å². The van der Waals surface area contributed by atoms with Crippen molar-refractivity contribution >= 4 is 27.7 Å². The zero-order valence-electron chi connectivity index (χ0n) is 22.4. The highest BCUT2D eigenvalue weighted by atomic mass is 79.9. The van der Waals surface area contributed by atoms with Crippen molar-refractivity contribution in [3.63, 3.8) is 0 Å². The number of rotatable bonds is 1. The van der Waals surface area contributed by atoms with E-state index in [1.165, 1.54) is 6.92 Å². The lowest BCUT2D eigenvalue weighted by Gasteiger charge is -2.64. The molecule has 0 aromatic heterocycles. The fourth-order valence-electron chi connectivity index (χ4n) is 10.3. The maximum Gasteiger partial charge on any atom is 0.302 e. The number of Topliss-reactive ketones (excluding diaryl/α,β-unsaturated/α-hetero) is 1. The van der Waals surface area contributed by atoms with Gasteiger partial charge < -0.3 is 19.3 Å². The van der Waals surface area contributed by atoms with Crippen molar-refractivity contribution in [3.8, 4) is 0 Å². The average molecular weight is 568 g/mol. The summed E-state index contributed by atoms with van der Waals surface area (Å²) in [4.78, 5) is 25.2. The van der Waals surface area contributed by atoms with Gasteiger partial charge in [-0.3, -0.25) is 9.59 Å². The molecule has 0 aromatic rings. The fourth-order valence-corrected chi connectivity index (χ4v) is 11.4. The van der Waals surface area contributed by atoms with Gasteiger partial charge in [0, 0.05) is 31.1 Å². The predicted octanol–water partition coefficient (Wildman–Crippen LogP) is 5.03. The Labute approximate surface area is 223 Å². The van der Waals surface area contributed by atoms with Gasteiger partial charge in [-0.15, -0.1) is 0 Å². The van der Waals surface area contributed by atoms with Crippen LogP contribution in [0.1, 0.15) is 86.0 Å². The van der Waals surface area contributed by atoms with Crippen LogP contribution in [0.25, 0.3) is 0 Å². The Morgan fingerprint density at radius 3 is 2.53 bits per heavy atom. The number of alkyl halides is 1. The molecule has 4 aliphatic carbocycles. The molecule has 13 atom stereocenters. The molecule has 4 saturated carbocycles. The van der Waals surface area contributed by atoms with Crippen LogP contribution in [0.5, 0.6) is 0 Å². The Hall–Kier alpha value is -0.500. The van der Waals surface area contributed by atoms with Crippen LogP contribution in [0.3, 0.4) is 0 Å². The first-order valence-electron chi connectivity index (χ1n) is 14.3. The lowest BCUT2D eigenvalue weighted by Crippen LogP contribution is -2.70. The fraction of sp³-hybridized carbons (Fsp3) is 0.931. The predicted molar refractivity (Wildman–Crippen MR) is 137 cm³/mol. The van der Waals surface area contributed by atoms with Crippen molar-refractivity contribution in [2.24, 2.45) is 46.3 Å². The minimum absolute atomic E-state index is 0.0915. The van der Waals surface area contributed by atoms with E-state index in [4.69, 9.17) is 14.2 Å². The number of hydrogen-bond acceptors (Lipinski definition) is 6. The lowest BCUT2D eigenvalue weighted by molar-refractivity contribution is -0.273. The molecule has 2 saturated heterocycles. The van der Waals surface area contributed by atoms with Gasteiger partial charge in [0.1, 0.15) is 11.7 Å². The normalized spacial score (nSPS) is 58.1. The zero-order chi connectivity index (χ0) is 25.8. The zero-order valence-corrected chi connectivity index (χ0v) is 24.0. The second-order valence-corrected chi connectivity index (χ2v) is 14.8. The van der Waals surface area contributed by atoms with Crippen LogP contribution < -0.4 is 0 Å². The van der Waals surface area contributed by atoms with Crippen LogP contribution in [-0.2, 0) is 23.8 Å². The smallest absolute Gasteiger partial charge is 0.302 e. The number of carbonyl (C=O) groups is 2. The molecule has 7 heteroatoms. The van der Waals surface area contributed by atoms with E-state index in [0.717, 1.165) is 38.7 Å². The van der Waals surface area contributed by atoms with Crippen molar-refractivity contribution in [2.75, 3.05) is 6.61 Å². The number of hydrogen-bond donors (Lipinski definition) is 1. The molecule has 2 aliphatic heterocycles. The monoisotopic (exact) mass is 566 g/mol. The third-order valence-electron chi connectivity index (χ3n) is 12.2. The van der Waals surface area contributed by atoms with E-state index in [0.29, 0.717) is 36.5 Å². The third-order valence-corrected chi connectivity index (χ3v) is 13.2. The highest BCUT2D eigenvalue weighted by Gasteiger charge is 2.74. The third kappa shape index (κ3) is 3.24. The summed E-state index contributed by atoms with van der Waals surface area (Å²) in [5.41, 5.74) is -1.89. The van der Waals surface area contributed by atoms with Crippen LogP contribution in [-0.4, -0.2) is 51.9 Å². The minimum Gasteiger partial charge on any atom is -0.462 e. The number of carbonyl (C=O) groups excluding carboxylic acids is 2. The van der Waals surface area contributed by atoms with Crippen molar-refractivity contribution in [1.29, 1.82) is 0 Å². The standard InChI is InChI=1S/C29H43BrO6/c1-15-6-11-29(34-14-15)16(2)23-21(36-29)12-20-22-19(8-9-26(20,23)4)27(5)10-7-18(35-17(3)31)13-28(27,33)25(32)24(22)30/h15-16,18-24,33H,6-14H2,1-5H3/t15?,16-,18+,19?,20?,21-,22?,23-,24?,26-,27+,28-,29+/m0/s1. The molecule has 1 spiro atoms. The molecule has 5 unspecified atom stereocenters. The van der Waals surface area contributed by atoms with E-state index >= 15 is 0 Å². The molecule has 1 N–H and O–H groups in total. The molecule has 202 valence electrons. The molecule has 0 aromatic carbocycles. The second-order valence-electron chi connectivity index (χ2n) is 13.8. The largest absolute Gasteiger partial charge is 0.462 e. The lowest BCUT2D eigenvalue weighted by atomic mass is 9.42. The first kappa shape index (κ1) is 25.8. The highest BCUT2D eigenvalue weighted by molar-refractivity contribution is 9.10. The topological polar surface area (TPSA) is 82.1 Å². The SMILES string of the molecule is CC(=O)O[C@@H]1CC[C@]2(C)C3CC[C@@]4(C)C(C[C@@H]5O[C@]6(CCC(C)CO6)[C@@H](C)[C@@H]54)C3C(Br)C(=O)[C@@]2(O)C1. The average Bonchev–Trinajstić information content (AvgIpc) is 3.26. The Morgan fingerprint density at radius 2 is 1.86 bits per heavy atom. The Bertz CT molecular complexity index is 946. The van der Waals surface area contributed by atoms with Gasteiger partial charge in [-0.25, -0.2) is 0 Å². The first-order chi connectivity index (χ1) is 16.9. The molecule has 6 fully saturated rings. The van der Waals surface area contributed by atoms with Gasteiger partial charge in [0.15, 0.2) is 11.6 Å². The van der Waals surface area contributed by atoms with E-state index in [1.807, 2.05) is 0 Å². The molecule has 36 heavy (non-hydrogen) atoms. The van der Waals surface area contributed by atoms with Crippen molar-refractivity contribution < 1.29 is 28.9 Å². The molecule has 6 nitrogen and oxygen atoms in total. The van der Waals surface area contributed by atoms with Gasteiger partial charge in [0.2, 0.25) is 0 Å². The summed E-state index contributed by atoms with van der Waals surface area (Å²) >= 11 is 3.84. The number of ether oxygens (including phenoxy) is 3. The highest BCUT2D eigenvalue weighted by Crippen LogP contribution is 2.72. The Balaban J connectivity index is 1.30. The number of ketones is 1.